The number of hydrogen-bond donors (Lipinski definition) is 1. The first-order valence-corrected chi connectivity index (χ1v) is 7.79. The third-order valence-corrected chi connectivity index (χ3v) is 4.20. The Morgan fingerprint density at radius 2 is 2.00 bits per heavy atom. The first-order chi connectivity index (χ1) is 10.4. The molecule has 0 fully saturated rings. The van der Waals surface area contributed by atoms with E-state index in [0.29, 0.717) is 12.6 Å². The summed E-state index contributed by atoms with van der Waals surface area (Å²) in [6.45, 7) is 0.663. The summed E-state index contributed by atoms with van der Waals surface area (Å²) in [6.07, 6.45) is 4.98. The van der Waals surface area contributed by atoms with Crippen LogP contribution in [0.2, 0.25) is 0 Å². The molecule has 0 bridgehead atoms. The number of nitrogens with one attached hydrogen (secondary N) is 1. The van der Waals surface area contributed by atoms with Crippen molar-refractivity contribution in [1.29, 1.82) is 0 Å². The normalized spacial score (nSPS) is 17.9. The van der Waals surface area contributed by atoms with E-state index in [1.165, 1.54) is 48.1 Å². The van der Waals surface area contributed by atoms with E-state index in [4.69, 9.17) is 4.74 Å². The molecule has 2 aromatic rings. The standard InChI is InChI=1S/C19H23NO/c1-21-14-15-7-6-10-17(13-15)20-19-12-5-3-9-16-8-2-4-11-18(16)19/h2,4,6-8,10-11,13,19-20H,3,5,9,12,14H2,1H3. The zero-order valence-corrected chi connectivity index (χ0v) is 12.6. The van der Waals surface area contributed by atoms with Gasteiger partial charge in [0.15, 0.2) is 0 Å². The van der Waals surface area contributed by atoms with Gasteiger partial charge in [0.05, 0.1) is 12.6 Å². The van der Waals surface area contributed by atoms with Crippen LogP contribution in [0.15, 0.2) is 48.5 Å². The van der Waals surface area contributed by atoms with Gasteiger partial charge in [-0.3, -0.25) is 0 Å². The van der Waals surface area contributed by atoms with Gasteiger partial charge < -0.3 is 10.1 Å². The number of hydrogen-bond acceptors (Lipinski definition) is 2. The SMILES string of the molecule is COCc1cccc(NC2CCCCc3ccccc32)c1. The van der Waals surface area contributed by atoms with Gasteiger partial charge in [0.25, 0.3) is 0 Å². The molecular formula is C19H23NO. The lowest BCUT2D eigenvalue weighted by Gasteiger charge is -2.21. The monoisotopic (exact) mass is 281 g/mol. The molecule has 0 radical (unpaired) electrons. The van der Waals surface area contributed by atoms with Crippen LogP contribution in [-0.4, -0.2) is 7.11 Å². The number of rotatable bonds is 4. The Morgan fingerprint density at radius 1 is 1.10 bits per heavy atom. The Kier molecular flexibility index (Phi) is 4.56. The second kappa shape index (κ2) is 6.77. The van der Waals surface area contributed by atoms with Crippen LogP contribution in [-0.2, 0) is 17.8 Å². The maximum Gasteiger partial charge on any atom is 0.0713 e. The maximum atomic E-state index is 5.22. The largest absolute Gasteiger partial charge is 0.380 e. The van der Waals surface area contributed by atoms with E-state index in [-0.39, 0.29) is 0 Å². The van der Waals surface area contributed by atoms with E-state index >= 15 is 0 Å². The molecule has 1 aliphatic carbocycles. The van der Waals surface area contributed by atoms with Crippen LogP contribution in [0.5, 0.6) is 0 Å². The molecule has 0 saturated heterocycles. The predicted octanol–water partition coefficient (Wildman–Crippen LogP) is 4.71. The Labute approximate surface area is 127 Å². The van der Waals surface area contributed by atoms with Crippen molar-refractivity contribution in [3.8, 4) is 0 Å². The number of benzene rings is 2. The summed E-state index contributed by atoms with van der Waals surface area (Å²) in [5.74, 6) is 0. The molecule has 0 saturated carbocycles. The molecule has 0 aliphatic heterocycles. The third kappa shape index (κ3) is 3.45. The summed E-state index contributed by atoms with van der Waals surface area (Å²) in [5, 5.41) is 3.72. The minimum absolute atomic E-state index is 0.418. The van der Waals surface area contributed by atoms with E-state index in [1.807, 2.05) is 0 Å². The van der Waals surface area contributed by atoms with Crippen molar-refractivity contribution in [3.05, 3.63) is 65.2 Å². The van der Waals surface area contributed by atoms with Crippen molar-refractivity contribution in [2.75, 3.05) is 12.4 Å². The first-order valence-electron chi connectivity index (χ1n) is 7.79. The summed E-state index contributed by atoms with van der Waals surface area (Å²) >= 11 is 0. The van der Waals surface area contributed by atoms with Crippen molar-refractivity contribution in [2.24, 2.45) is 0 Å². The Balaban J connectivity index is 1.82. The molecule has 0 spiro atoms. The van der Waals surface area contributed by atoms with E-state index in [1.54, 1.807) is 7.11 Å². The zero-order valence-electron chi connectivity index (χ0n) is 12.6. The van der Waals surface area contributed by atoms with Crippen LogP contribution >= 0.6 is 0 Å². The lowest BCUT2D eigenvalue weighted by atomic mass is 9.99. The number of ether oxygens (including phenoxy) is 1. The Hall–Kier alpha value is -1.80. The van der Waals surface area contributed by atoms with Crippen LogP contribution in [0.3, 0.4) is 0 Å². The highest BCUT2D eigenvalue weighted by Crippen LogP contribution is 2.31. The first kappa shape index (κ1) is 14.2. The Morgan fingerprint density at radius 3 is 2.90 bits per heavy atom. The average molecular weight is 281 g/mol. The van der Waals surface area contributed by atoms with Crippen molar-refractivity contribution < 1.29 is 4.74 Å². The molecule has 21 heavy (non-hydrogen) atoms. The summed E-state index contributed by atoms with van der Waals surface area (Å²) in [7, 11) is 1.74. The number of aryl methyl sites for hydroxylation is 1. The second-order valence-corrected chi connectivity index (χ2v) is 5.77. The van der Waals surface area contributed by atoms with Crippen LogP contribution in [0.4, 0.5) is 5.69 Å². The molecule has 1 N–H and O–H groups in total. The smallest absolute Gasteiger partial charge is 0.0713 e. The summed E-state index contributed by atoms with van der Waals surface area (Å²) in [4.78, 5) is 0. The van der Waals surface area contributed by atoms with Gasteiger partial charge >= 0.3 is 0 Å². The molecule has 1 unspecified atom stereocenters. The molecule has 1 atom stereocenters. The highest BCUT2D eigenvalue weighted by molar-refractivity contribution is 5.49. The van der Waals surface area contributed by atoms with Gasteiger partial charge in [0, 0.05) is 12.8 Å². The number of methoxy groups -OCH3 is 1. The van der Waals surface area contributed by atoms with Gasteiger partial charge in [-0.05, 0) is 48.1 Å². The van der Waals surface area contributed by atoms with Gasteiger partial charge in [0.2, 0.25) is 0 Å². The third-order valence-electron chi connectivity index (χ3n) is 4.20. The van der Waals surface area contributed by atoms with Gasteiger partial charge in [-0.25, -0.2) is 0 Å². The molecule has 2 nitrogen and oxygen atoms in total. The van der Waals surface area contributed by atoms with Gasteiger partial charge in [-0.15, -0.1) is 0 Å². The van der Waals surface area contributed by atoms with Crippen LogP contribution < -0.4 is 5.32 Å². The van der Waals surface area contributed by atoms with E-state index in [0.717, 1.165) is 0 Å². The summed E-state index contributed by atoms with van der Waals surface area (Å²) < 4.78 is 5.22. The van der Waals surface area contributed by atoms with Crippen LogP contribution in [0, 0.1) is 0 Å². The molecule has 0 aromatic heterocycles. The van der Waals surface area contributed by atoms with E-state index in [2.05, 4.69) is 53.8 Å². The number of anilines is 1. The molecule has 0 heterocycles. The maximum absolute atomic E-state index is 5.22. The molecule has 1 aliphatic rings. The highest BCUT2D eigenvalue weighted by atomic mass is 16.5. The topological polar surface area (TPSA) is 21.3 Å². The fourth-order valence-corrected chi connectivity index (χ4v) is 3.19. The molecule has 2 aromatic carbocycles. The van der Waals surface area contributed by atoms with Crippen molar-refractivity contribution in [1.82, 2.24) is 0 Å². The quantitative estimate of drug-likeness (QED) is 0.819. The zero-order chi connectivity index (χ0) is 14.5. The van der Waals surface area contributed by atoms with E-state index < -0.39 is 0 Å². The fourth-order valence-electron chi connectivity index (χ4n) is 3.19. The van der Waals surface area contributed by atoms with Gasteiger partial charge in [-0.1, -0.05) is 42.8 Å². The van der Waals surface area contributed by atoms with Crippen molar-refractivity contribution >= 4 is 5.69 Å². The predicted molar refractivity (Wildman–Crippen MR) is 87.5 cm³/mol. The fraction of sp³-hybridized carbons (Fsp3) is 0.368. The van der Waals surface area contributed by atoms with Crippen molar-refractivity contribution in [2.45, 2.75) is 38.3 Å². The van der Waals surface area contributed by atoms with Gasteiger partial charge in [0.1, 0.15) is 0 Å². The lowest BCUT2D eigenvalue weighted by molar-refractivity contribution is 0.185. The second-order valence-electron chi connectivity index (χ2n) is 5.77. The van der Waals surface area contributed by atoms with Crippen LogP contribution in [0.25, 0.3) is 0 Å². The molecular weight excluding hydrogens is 258 g/mol. The molecule has 3 rings (SSSR count). The average Bonchev–Trinajstić information content (AvgIpc) is 2.71. The van der Waals surface area contributed by atoms with Crippen LogP contribution in [0.1, 0.15) is 42.0 Å². The molecule has 110 valence electrons. The molecule has 0 amide bonds. The van der Waals surface area contributed by atoms with Gasteiger partial charge in [-0.2, -0.15) is 0 Å². The minimum Gasteiger partial charge on any atom is -0.380 e. The minimum atomic E-state index is 0.418. The highest BCUT2D eigenvalue weighted by Gasteiger charge is 2.17. The van der Waals surface area contributed by atoms with E-state index in [9.17, 15) is 0 Å². The number of fused-ring (bicyclic) bond motifs is 1. The Bertz CT molecular complexity index is 594. The summed E-state index contributed by atoms with van der Waals surface area (Å²) in [6, 6.07) is 17.8. The van der Waals surface area contributed by atoms with Crippen molar-refractivity contribution in [3.63, 3.8) is 0 Å². The molecule has 2 heteroatoms. The lowest BCUT2D eigenvalue weighted by Crippen LogP contribution is -2.11. The summed E-state index contributed by atoms with van der Waals surface area (Å²) in [5.41, 5.74) is 5.36.